The standard InChI is InChI=1S/C19H18F2N3.C8H4F3N4.Ir/c1-2-3-14-19(20,21)18-23-22-17(15-10-6-4-7-11-15)24(18)16-12-8-5-9-13-16;9-8(10,11)7-13-6(14-15-7)5-3-1-2-4-12-5;/h4-10,12-13H,2-3,14H2,1H3;1-4H;/q2*-1;. The second kappa shape index (κ2) is 13.5. The molecule has 3 aromatic heterocycles. The zero-order chi connectivity index (χ0) is 27.9. The fourth-order valence-electron chi connectivity index (χ4n) is 3.52. The van der Waals surface area contributed by atoms with E-state index in [9.17, 15) is 22.0 Å². The van der Waals surface area contributed by atoms with Crippen LogP contribution in [0.2, 0.25) is 0 Å². The molecule has 5 aromatic rings. The zero-order valence-corrected chi connectivity index (χ0v) is 23.4. The van der Waals surface area contributed by atoms with E-state index in [1.54, 1.807) is 36.4 Å². The van der Waals surface area contributed by atoms with Crippen LogP contribution in [0.3, 0.4) is 0 Å². The molecule has 40 heavy (non-hydrogen) atoms. The summed E-state index contributed by atoms with van der Waals surface area (Å²) in [6.45, 7) is 1.89. The summed E-state index contributed by atoms with van der Waals surface area (Å²) in [7, 11) is 0. The van der Waals surface area contributed by atoms with Crippen molar-refractivity contribution in [3.63, 3.8) is 0 Å². The smallest absolute Gasteiger partial charge is 0.413 e. The van der Waals surface area contributed by atoms with Gasteiger partial charge in [-0.15, -0.1) is 41.0 Å². The zero-order valence-electron chi connectivity index (χ0n) is 21.0. The van der Waals surface area contributed by atoms with Crippen LogP contribution in [-0.2, 0) is 32.2 Å². The predicted molar refractivity (Wildman–Crippen MR) is 133 cm³/mol. The summed E-state index contributed by atoms with van der Waals surface area (Å²) >= 11 is 0. The van der Waals surface area contributed by atoms with Gasteiger partial charge in [0.25, 0.3) is 0 Å². The van der Waals surface area contributed by atoms with Crippen molar-refractivity contribution in [3.8, 4) is 28.6 Å². The quantitative estimate of drug-likeness (QED) is 0.140. The van der Waals surface area contributed by atoms with Gasteiger partial charge in [0.2, 0.25) is 0 Å². The van der Waals surface area contributed by atoms with Crippen LogP contribution in [0.5, 0.6) is 0 Å². The van der Waals surface area contributed by atoms with Crippen LogP contribution in [0.1, 0.15) is 37.8 Å². The molecule has 13 heteroatoms. The number of aromatic nitrogens is 7. The molecule has 0 aliphatic rings. The maximum Gasteiger partial charge on any atom is 0.429 e. The van der Waals surface area contributed by atoms with Gasteiger partial charge in [0.1, 0.15) is 5.82 Å². The van der Waals surface area contributed by atoms with Gasteiger partial charge in [-0.2, -0.15) is 27.1 Å². The minimum absolute atomic E-state index is 0. The van der Waals surface area contributed by atoms with Gasteiger partial charge in [-0.3, -0.25) is 10.1 Å². The normalized spacial score (nSPS) is 11.3. The third kappa shape index (κ3) is 7.42. The number of para-hydroxylation sites is 1. The SMILES string of the molecule is CCCCC(F)(F)c1nnc(-c2[c-]cccc2)n1-c1ccccc1.FC(F)(F)c1n[n-]c(-c2ccccn2)n1.[Ir]. The summed E-state index contributed by atoms with van der Waals surface area (Å²) in [5.41, 5.74) is 1.51. The Hall–Kier alpha value is -3.83. The summed E-state index contributed by atoms with van der Waals surface area (Å²) in [5, 5.41) is 14.1. The topological polar surface area (TPSA) is 83.5 Å². The van der Waals surface area contributed by atoms with Crippen molar-refractivity contribution in [2.75, 3.05) is 0 Å². The van der Waals surface area contributed by atoms with E-state index in [1.165, 1.54) is 16.8 Å². The first-order chi connectivity index (χ1) is 18.7. The number of benzene rings is 2. The molecule has 0 atom stereocenters. The Kier molecular flexibility index (Phi) is 10.4. The second-order valence-electron chi connectivity index (χ2n) is 8.27. The molecule has 0 fully saturated rings. The fourth-order valence-corrected chi connectivity index (χ4v) is 3.52. The van der Waals surface area contributed by atoms with Crippen molar-refractivity contribution >= 4 is 0 Å². The van der Waals surface area contributed by atoms with Crippen LogP contribution in [-0.4, -0.2) is 29.8 Å². The third-order valence-corrected chi connectivity index (χ3v) is 5.40. The van der Waals surface area contributed by atoms with Crippen LogP contribution in [0.4, 0.5) is 22.0 Å². The molecule has 3 heterocycles. The maximum atomic E-state index is 14.7. The average Bonchev–Trinajstić information content (AvgIpc) is 3.63. The molecule has 0 saturated carbocycles. The Morgan fingerprint density at radius 1 is 0.900 bits per heavy atom. The first kappa shape index (κ1) is 30.7. The van der Waals surface area contributed by atoms with Crippen LogP contribution < -0.4 is 5.10 Å². The number of hydrogen-bond acceptors (Lipinski definition) is 5. The summed E-state index contributed by atoms with van der Waals surface area (Å²) < 4.78 is 67.2. The van der Waals surface area contributed by atoms with Gasteiger partial charge in [0, 0.05) is 38.4 Å². The molecule has 0 spiro atoms. The Bertz CT molecular complexity index is 1460. The summed E-state index contributed by atoms with van der Waals surface area (Å²) in [4.78, 5) is 7.05. The first-order valence-corrected chi connectivity index (χ1v) is 11.9. The van der Waals surface area contributed by atoms with Crippen molar-refractivity contribution in [2.45, 2.75) is 38.3 Å². The molecule has 0 amide bonds. The van der Waals surface area contributed by atoms with E-state index in [2.05, 4.69) is 36.4 Å². The third-order valence-electron chi connectivity index (χ3n) is 5.40. The molecule has 1 radical (unpaired) electrons. The fraction of sp³-hybridized carbons (Fsp3) is 0.222. The van der Waals surface area contributed by atoms with Crippen LogP contribution in [0, 0.1) is 6.07 Å². The molecule has 7 nitrogen and oxygen atoms in total. The van der Waals surface area contributed by atoms with Crippen molar-refractivity contribution in [1.82, 2.24) is 34.9 Å². The van der Waals surface area contributed by atoms with Crippen molar-refractivity contribution in [1.29, 1.82) is 0 Å². The van der Waals surface area contributed by atoms with E-state index in [1.807, 2.05) is 37.3 Å². The molecule has 5 rings (SSSR count). The van der Waals surface area contributed by atoms with Crippen LogP contribution >= 0.6 is 0 Å². The largest absolute Gasteiger partial charge is 0.429 e. The van der Waals surface area contributed by atoms with Gasteiger partial charge < -0.3 is 14.6 Å². The van der Waals surface area contributed by atoms with Crippen LogP contribution in [0.25, 0.3) is 28.6 Å². The van der Waals surface area contributed by atoms with E-state index >= 15 is 0 Å². The molecular weight excluding hydrogens is 710 g/mol. The van der Waals surface area contributed by atoms with E-state index in [0.29, 0.717) is 29.9 Å². The summed E-state index contributed by atoms with van der Waals surface area (Å²) in [6, 6.07) is 24.0. The van der Waals surface area contributed by atoms with Gasteiger partial charge >= 0.3 is 12.1 Å². The minimum Gasteiger partial charge on any atom is -0.413 e. The molecule has 2 aromatic carbocycles. The predicted octanol–water partition coefficient (Wildman–Crippen LogP) is 6.53. The van der Waals surface area contributed by atoms with Gasteiger partial charge in [0.15, 0.2) is 5.82 Å². The summed E-state index contributed by atoms with van der Waals surface area (Å²) in [5.74, 6) is -4.36. The maximum absolute atomic E-state index is 14.7. The van der Waals surface area contributed by atoms with Crippen molar-refractivity contribution in [3.05, 3.63) is 96.7 Å². The van der Waals surface area contributed by atoms with Crippen molar-refractivity contribution in [2.24, 2.45) is 0 Å². The first-order valence-electron chi connectivity index (χ1n) is 11.9. The van der Waals surface area contributed by atoms with E-state index in [0.717, 1.165) is 0 Å². The Morgan fingerprint density at radius 2 is 1.62 bits per heavy atom. The van der Waals surface area contributed by atoms with E-state index < -0.39 is 17.9 Å². The van der Waals surface area contributed by atoms with Gasteiger partial charge in [-0.25, -0.2) is 0 Å². The minimum atomic E-state index is -4.57. The number of pyridine rings is 1. The molecule has 211 valence electrons. The Labute approximate surface area is 240 Å². The number of alkyl halides is 5. The van der Waals surface area contributed by atoms with Crippen LogP contribution in [0.15, 0.2) is 79.0 Å². The van der Waals surface area contributed by atoms with E-state index in [-0.39, 0.29) is 43.9 Å². The van der Waals surface area contributed by atoms with Gasteiger partial charge in [0.05, 0.1) is 11.5 Å². The molecule has 0 N–H and O–H groups in total. The molecule has 0 saturated heterocycles. The Morgan fingerprint density at radius 3 is 2.23 bits per heavy atom. The summed E-state index contributed by atoms with van der Waals surface area (Å²) in [6.07, 6.45) is -2.23. The number of hydrogen-bond donors (Lipinski definition) is 0. The molecule has 0 bridgehead atoms. The monoisotopic (exact) mass is 732 g/mol. The van der Waals surface area contributed by atoms with Crippen molar-refractivity contribution < 1.29 is 42.1 Å². The van der Waals surface area contributed by atoms with Gasteiger partial charge in [-0.05, 0) is 36.5 Å². The number of rotatable bonds is 7. The number of nitrogens with zero attached hydrogens (tertiary/aromatic N) is 7. The van der Waals surface area contributed by atoms with E-state index in [4.69, 9.17) is 0 Å². The second-order valence-corrected chi connectivity index (χ2v) is 8.27. The molecule has 0 aliphatic carbocycles. The number of unbranched alkanes of at least 4 members (excludes halogenated alkanes) is 1. The van der Waals surface area contributed by atoms with Gasteiger partial charge in [-0.1, -0.05) is 37.6 Å². The molecule has 0 aliphatic heterocycles. The average molecular weight is 732 g/mol. The molecular formula is C27H22F5IrN7-2. The number of halogens is 5. The molecule has 0 unspecified atom stereocenters. The Balaban J connectivity index is 0.000000238.